The van der Waals surface area contributed by atoms with Crippen molar-refractivity contribution in [2.75, 3.05) is 68.6 Å². The summed E-state index contributed by atoms with van der Waals surface area (Å²) in [5.74, 6) is -1.59. The number of aliphatic hydroxyl groups excluding tert-OH is 4. The van der Waals surface area contributed by atoms with E-state index in [1.165, 1.54) is 0 Å². The van der Waals surface area contributed by atoms with E-state index in [4.69, 9.17) is 34.6 Å². The Morgan fingerprint density at radius 2 is 0.764 bits per heavy atom. The molecule has 312 valence electrons. The molecule has 55 heavy (non-hydrogen) atoms. The molecule has 0 saturated carbocycles. The van der Waals surface area contributed by atoms with Gasteiger partial charge in [0.15, 0.2) is 0 Å². The number of carbonyl (C=O) groups is 3. The van der Waals surface area contributed by atoms with Crippen molar-refractivity contribution < 1.29 is 68.0 Å². The van der Waals surface area contributed by atoms with Gasteiger partial charge in [0.2, 0.25) is 0 Å². The molecule has 0 amide bonds. The lowest BCUT2D eigenvalue weighted by molar-refractivity contribution is 0.0169. The SMILES string of the molecule is COC(C)CO.COC(C)COC(=O)c1ccccc1.COCC(C)O.COCC(C)O.COCC(C)O.O=C(OC(=O)c1ccccc1)c1ccccc1. The molecule has 0 spiro atoms. The van der Waals surface area contributed by atoms with E-state index in [9.17, 15) is 14.4 Å². The zero-order valence-electron chi connectivity index (χ0n) is 34.0. The van der Waals surface area contributed by atoms with E-state index in [1.807, 2.05) is 13.0 Å². The Morgan fingerprint density at radius 3 is 0.964 bits per heavy atom. The number of esters is 3. The van der Waals surface area contributed by atoms with E-state index in [1.54, 1.807) is 148 Å². The van der Waals surface area contributed by atoms with Gasteiger partial charge >= 0.3 is 17.9 Å². The number of carbonyl (C=O) groups excluding carboxylic acids is 3. The van der Waals surface area contributed by atoms with Crippen LogP contribution in [0.15, 0.2) is 91.0 Å². The number of aliphatic hydroxyl groups is 4. The Hall–Kier alpha value is -4.09. The zero-order valence-corrected chi connectivity index (χ0v) is 34.0. The van der Waals surface area contributed by atoms with Crippen LogP contribution in [0.4, 0.5) is 0 Å². The number of benzene rings is 3. The Bertz CT molecular complexity index is 1210. The Morgan fingerprint density at radius 1 is 0.473 bits per heavy atom. The molecule has 0 heterocycles. The van der Waals surface area contributed by atoms with Crippen LogP contribution < -0.4 is 0 Å². The Balaban J connectivity index is -0.000000636. The number of methoxy groups -OCH3 is 5. The predicted molar refractivity (Wildman–Crippen MR) is 210 cm³/mol. The van der Waals surface area contributed by atoms with Crippen LogP contribution in [0, 0.1) is 0 Å². The second-order valence-electron chi connectivity index (χ2n) is 11.6. The summed E-state index contributed by atoms with van der Waals surface area (Å²) in [6.45, 7) is 10.4. The minimum atomic E-state index is -0.639. The van der Waals surface area contributed by atoms with Crippen molar-refractivity contribution in [1.29, 1.82) is 0 Å². The van der Waals surface area contributed by atoms with Crippen LogP contribution in [-0.2, 0) is 33.2 Å². The normalized spacial score (nSPS) is 12.4. The average Bonchev–Trinajstić information content (AvgIpc) is 3.18. The van der Waals surface area contributed by atoms with E-state index in [0.717, 1.165) is 0 Å². The molecule has 14 nitrogen and oxygen atoms in total. The zero-order chi connectivity index (χ0) is 42.4. The monoisotopic (exact) mass is 780 g/mol. The van der Waals surface area contributed by atoms with Gasteiger partial charge in [-0.2, -0.15) is 0 Å². The summed E-state index contributed by atoms with van der Waals surface area (Å²) in [6, 6.07) is 25.7. The number of hydrogen-bond donors (Lipinski definition) is 4. The van der Waals surface area contributed by atoms with Crippen molar-refractivity contribution in [3.8, 4) is 0 Å². The van der Waals surface area contributed by atoms with Gasteiger partial charge in [-0.05, 0) is 71.0 Å². The largest absolute Gasteiger partial charge is 0.459 e. The van der Waals surface area contributed by atoms with Crippen molar-refractivity contribution in [3.05, 3.63) is 108 Å². The van der Waals surface area contributed by atoms with Crippen LogP contribution in [0.5, 0.6) is 0 Å². The molecule has 0 aromatic heterocycles. The highest BCUT2D eigenvalue weighted by atomic mass is 16.6. The van der Waals surface area contributed by atoms with Crippen LogP contribution >= 0.6 is 0 Å². The van der Waals surface area contributed by atoms with Crippen LogP contribution in [0.1, 0.15) is 65.7 Å². The van der Waals surface area contributed by atoms with Crippen LogP contribution in [0.2, 0.25) is 0 Å². The molecule has 0 radical (unpaired) electrons. The van der Waals surface area contributed by atoms with E-state index in [-0.39, 0.29) is 49.7 Å². The van der Waals surface area contributed by atoms with Gasteiger partial charge < -0.3 is 53.6 Å². The van der Waals surface area contributed by atoms with Crippen molar-refractivity contribution in [2.45, 2.75) is 65.1 Å². The molecule has 3 aromatic carbocycles. The molecule has 0 aliphatic heterocycles. The third-order valence-corrected chi connectivity index (χ3v) is 5.95. The van der Waals surface area contributed by atoms with E-state index < -0.39 is 11.9 Å². The summed E-state index contributed by atoms with van der Waals surface area (Å²) in [6.07, 6.45) is -1.05. The van der Waals surface area contributed by atoms with Gasteiger partial charge in [0, 0.05) is 35.5 Å². The lowest BCUT2D eigenvalue weighted by atomic mass is 10.2. The van der Waals surface area contributed by atoms with Gasteiger partial charge in [-0.25, -0.2) is 14.4 Å². The molecule has 3 rings (SSSR count). The highest BCUT2D eigenvalue weighted by Crippen LogP contribution is 2.06. The molecule has 0 bridgehead atoms. The first-order chi connectivity index (χ1) is 26.1. The molecule has 3 aromatic rings. The van der Waals surface area contributed by atoms with Gasteiger partial charge in [0.25, 0.3) is 0 Å². The summed E-state index contributed by atoms with van der Waals surface area (Å²) < 4.78 is 33.0. The molecule has 5 unspecified atom stereocenters. The van der Waals surface area contributed by atoms with E-state index in [0.29, 0.717) is 36.5 Å². The molecule has 0 saturated heterocycles. The van der Waals surface area contributed by atoms with E-state index in [2.05, 4.69) is 18.9 Å². The van der Waals surface area contributed by atoms with Crippen molar-refractivity contribution in [3.63, 3.8) is 0 Å². The van der Waals surface area contributed by atoms with Gasteiger partial charge in [0.1, 0.15) is 6.61 Å². The maximum absolute atomic E-state index is 11.6. The molecule has 0 aliphatic carbocycles. The Kier molecular flexibility index (Phi) is 38.4. The number of rotatable bonds is 14. The fraction of sp³-hybridized carbons (Fsp3) is 0.488. The number of hydrogen-bond acceptors (Lipinski definition) is 14. The molecule has 0 aliphatic rings. The first-order valence-electron chi connectivity index (χ1n) is 17.4. The second kappa shape index (κ2) is 38.2. The van der Waals surface area contributed by atoms with Crippen LogP contribution in [0.3, 0.4) is 0 Å². The highest BCUT2D eigenvalue weighted by molar-refractivity contribution is 6.02. The maximum Gasteiger partial charge on any atom is 0.346 e. The summed E-state index contributed by atoms with van der Waals surface area (Å²) >= 11 is 0. The summed E-state index contributed by atoms with van der Waals surface area (Å²) in [4.78, 5) is 34.6. The third kappa shape index (κ3) is 36.6. The average molecular weight is 781 g/mol. The molecule has 14 heteroatoms. The smallest absolute Gasteiger partial charge is 0.346 e. The topological polar surface area (TPSA) is 197 Å². The number of ether oxygens (including phenoxy) is 7. The van der Waals surface area contributed by atoms with Crippen LogP contribution in [0.25, 0.3) is 0 Å². The minimum absolute atomic E-state index is 0.00926. The molecule has 5 atom stereocenters. The lowest BCUT2D eigenvalue weighted by Crippen LogP contribution is -2.17. The predicted octanol–water partition coefficient (Wildman–Crippen LogP) is 4.62. The van der Waals surface area contributed by atoms with Gasteiger partial charge in [0.05, 0.1) is 73.6 Å². The minimum Gasteiger partial charge on any atom is -0.459 e. The first kappa shape index (κ1) is 55.2. The quantitative estimate of drug-likeness (QED) is 0.131. The molecular formula is C41H64O14. The van der Waals surface area contributed by atoms with Gasteiger partial charge in [-0.1, -0.05) is 54.6 Å². The summed E-state index contributed by atoms with van der Waals surface area (Å²) in [5, 5.41) is 33.5. The second-order valence-corrected chi connectivity index (χ2v) is 11.6. The van der Waals surface area contributed by atoms with Crippen molar-refractivity contribution in [2.24, 2.45) is 0 Å². The van der Waals surface area contributed by atoms with Gasteiger partial charge in [-0.15, -0.1) is 0 Å². The standard InChI is InChI=1S/C14H10O3.C11H14O3.4C4H10O2/c15-13(11-7-3-1-4-8-11)17-14(16)12-9-5-2-6-10-12;1-9(13-2)8-14-11(12)10-6-4-3-5-7-10;3*1-4(5)3-6-2;1-4(3-5)6-2/h1-10H;3-7,9H,8H2,1-2H3;4*4-5H,3H2,1-2H3. The van der Waals surface area contributed by atoms with Crippen molar-refractivity contribution in [1.82, 2.24) is 0 Å². The third-order valence-electron chi connectivity index (χ3n) is 5.95. The van der Waals surface area contributed by atoms with E-state index >= 15 is 0 Å². The van der Waals surface area contributed by atoms with Gasteiger partial charge in [-0.3, -0.25) is 0 Å². The highest BCUT2D eigenvalue weighted by Gasteiger charge is 2.14. The van der Waals surface area contributed by atoms with Crippen molar-refractivity contribution >= 4 is 17.9 Å². The first-order valence-corrected chi connectivity index (χ1v) is 17.4. The lowest BCUT2D eigenvalue weighted by Gasteiger charge is -2.09. The molecule has 0 fully saturated rings. The molecular weight excluding hydrogens is 716 g/mol. The maximum atomic E-state index is 11.6. The summed E-state index contributed by atoms with van der Waals surface area (Å²) in [5.41, 5.74) is 1.28. The fourth-order valence-corrected chi connectivity index (χ4v) is 3.07. The summed E-state index contributed by atoms with van der Waals surface area (Å²) in [7, 11) is 7.84. The molecule has 4 N–H and O–H groups in total. The van der Waals surface area contributed by atoms with Crippen LogP contribution in [-0.4, -0.2) is 137 Å². The fourth-order valence-electron chi connectivity index (χ4n) is 3.07. The Labute approximate surface area is 326 Å².